The number of benzene rings is 1. The molecule has 6 nitrogen and oxygen atoms in total. The molecule has 0 saturated carbocycles. The van der Waals surface area contributed by atoms with Gasteiger partial charge in [0.05, 0.1) is 0 Å². The summed E-state index contributed by atoms with van der Waals surface area (Å²) in [5.41, 5.74) is 0.885. The molecule has 1 aliphatic rings. The normalized spacial score (nSPS) is 19.3. The van der Waals surface area contributed by atoms with Gasteiger partial charge in [0, 0.05) is 29.2 Å². The lowest BCUT2D eigenvalue weighted by molar-refractivity contribution is -0.118. The Hall–Kier alpha value is -1.73. The summed E-state index contributed by atoms with van der Waals surface area (Å²) in [5.74, 6) is 0.724. The summed E-state index contributed by atoms with van der Waals surface area (Å²) in [7, 11) is 1.89. The van der Waals surface area contributed by atoms with Gasteiger partial charge in [-0.1, -0.05) is 27.2 Å². The molecule has 1 N–H and O–H groups in total. The van der Waals surface area contributed by atoms with E-state index < -0.39 is 0 Å². The molecule has 0 radical (unpaired) electrons. The lowest BCUT2D eigenvalue weighted by atomic mass is 10.1. The predicted molar refractivity (Wildman–Crippen MR) is 90.4 cm³/mol. The SMILES string of the molecule is CNC(C)Cc1noc(C2CCN(c3cccc(Br)c3)C2=O)n1. The van der Waals surface area contributed by atoms with Crippen LogP contribution in [0.3, 0.4) is 0 Å². The highest BCUT2D eigenvalue weighted by Crippen LogP contribution is 2.32. The highest BCUT2D eigenvalue weighted by atomic mass is 79.9. The average molecular weight is 379 g/mol. The van der Waals surface area contributed by atoms with Crippen molar-refractivity contribution in [2.24, 2.45) is 0 Å². The largest absolute Gasteiger partial charge is 0.338 e. The Bertz CT molecular complexity index is 703. The summed E-state index contributed by atoms with van der Waals surface area (Å²) in [6.45, 7) is 2.70. The van der Waals surface area contributed by atoms with E-state index in [2.05, 4.69) is 31.4 Å². The number of nitrogens with one attached hydrogen (secondary N) is 1. The number of hydrogen-bond donors (Lipinski definition) is 1. The van der Waals surface area contributed by atoms with Crippen molar-refractivity contribution in [2.45, 2.75) is 31.7 Å². The fourth-order valence-corrected chi connectivity index (χ4v) is 3.06. The van der Waals surface area contributed by atoms with Crippen LogP contribution in [0.5, 0.6) is 0 Å². The smallest absolute Gasteiger partial charge is 0.239 e. The minimum atomic E-state index is -0.347. The molecule has 0 bridgehead atoms. The van der Waals surface area contributed by atoms with E-state index >= 15 is 0 Å². The Morgan fingerprint density at radius 2 is 2.35 bits per heavy atom. The predicted octanol–water partition coefficient (Wildman–Crippen LogP) is 2.50. The molecule has 2 heterocycles. The number of likely N-dealkylation sites (N-methyl/N-ethyl adjacent to an activating group) is 1. The third-order valence-corrected chi connectivity index (χ3v) is 4.58. The van der Waals surface area contributed by atoms with Crippen LogP contribution in [0.25, 0.3) is 0 Å². The molecular formula is C16H19BrN4O2. The van der Waals surface area contributed by atoms with E-state index in [4.69, 9.17) is 4.52 Å². The van der Waals surface area contributed by atoms with Crippen LogP contribution in [-0.4, -0.2) is 35.7 Å². The van der Waals surface area contributed by atoms with Crippen molar-refractivity contribution in [3.63, 3.8) is 0 Å². The zero-order valence-electron chi connectivity index (χ0n) is 13.1. The maximum absolute atomic E-state index is 12.7. The summed E-state index contributed by atoms with van der Waals surface area (Å²) >= 11 is 3.44. The second-order valence-corrected chi connectivity index (χ2v) is 6.67. The third kappa shape index (κ3) is 3.45. The summed E-state index contributed by atoms with van der Waals surface area (Å²) in [5, 5.41) is 7.12. The number of carbonyl (C=O) groups is 1. The summed E-state index contributed by atoms with van der Waals surface area (Å²) in [6.07, 6.45) is 1.37. The topological polar surface area (TPSA) is 71.3 Å². The van der Waals surface area contributed by atoms with Gasteiger partial charge < -0.3 is 14.7 Å². The van der Waals surface area contributed by atoms with E-state index in [-0.39, 0.29) is 17.9 Å². The lowest BCUT2D eigenvalue weighted by Crippen LogP contribution is -2.26. The maximum Gasteiger partial charge on any atom is 0.239 e. The van der Waals surface area contributed by atoms with Crippen LogP contribution in [0.4, 0.5) is 5.69 Å². The number of amides is 1. The first-order chi connectivity index (χ1) is 11.1. The number of hydrogen-bond acceptors (Lipinski definition) is 5. The van der Waals surface area contributed by atoms with Crippen molar-refractivity contribution in [1.82, 2.24) is 15.5 Å². The van der Waals surface area contributed by atoms with Gasteiger partial charge in [0.15, 0.2) is 5.82 Å². The molecule has 2 unspecified atom stereocenters. The van der Waals surface area contributed by atoms with Crippen molar-refractivity contribution in [3.05, 3.63) is 40.5 Å². The molecular weight excluding hydrogens is 360 g/mol. The molecule has 2 atom stereocenters. The van der Waals surface area contributed by atoms with Crippen molar-refractivity contribution in [3.8, 4) is 0 Å². The Labute approximate surface area is 143 Å². The number of halogens is 1. The molecule has 1 fully saturated rings. The molecule has 1 aromatic carbocycles. The van der Waals surface area contributed by atoms with Gasteiger partial charge in [-0.05, 0) is 38.6 Å². The fraction of sp³-hybridized carbons (Fsp3) is 0.438. The van der Waals surface area contributed by atoms with Gasteiger partial charge in [0.2, 0.25) is 11.8 Å². The minimum absolute atomic E-state index is 0.0139. The van der Waals surface area contributed by atoms with E-state index in [1.807, 2.05) is 38.2 Å². The highest BCUT2D eigenvalue weighted by Gasteiger charge is 2.37. The van der Waals surface area contributed by atoms with Crippen molar-refractivity contribution >= 4 is 27.5 Å². The molecule has 7 heteroatoms. The van der Waals surface area contributed by atoms with Gasteiger partial charge in [-0.15, -0.1) is 0 Å². The van der Waals surface area contributed by atoms with E-state index in [0.29, 0.717) is 31.1 Å². The van der Waals surface area contributed by atoms with Crippen molar-refractivity contribution in [2.75, 3.05) is 18.5 Å². The fourth-order valence-electron chi connectivity index (χ4n) is 2.68. The monoisotopic (exact) mass is 378 g/mol. The molecule has 2 aromatic rings. The van der Waals surface area contributed by atoms with E-state index in [0.717, 1.165) is 10.2 Å². The summed E-state index contributed by atoms with van der Waals surface area (Å²) < 4.78 is 6.28. The van der Waals surface area contributed by atoms with Crippen molar-refractivity contribution in [1.29, 1.82) is 0 Å². The molecule has 122 valence electrons. The van der Waals surface area contributed by atoms with Crippen LogP contribution < -0.4 is 10.2 Å². The molecule has 0 spiro atoms. The lowest BCUT2D eigenvalue weighted by Gasteiger charge is -2.16. The Morgan fingerprint density at radius 1 is 1.52 bits per heavy atom. The summed E-state index contributed by atoms with van der Waals surface area (Å²) in [6, 6.07) is 7.99. The molecule has 0 aliphatic carbocycles. The van der Waals surface area contributed by atoms with E-state index in [9.17, 15) is 4.79 Å². The molecule has 1 aromatic heterocycles. The molecule has 23 heavy (non-hydrogen) atoms. The first-order valence-electron chi connectivity index (χ1n) is 7.65. The van der Waals surface area contributed by atoms with Crippen LogP contribution in [0.1, 0.15) is 31.0 Å². The maximum atomic E-state index is 12.7. The zero-order valence-corrected chi connectivity index (χ0v) is 14.7. The minimum Gasteiger partial charge on any atom is -0.338 e. The third-order valence-electron chi connectivity index (χ3n) is 4.09. The van der Waals surface area contributed by atoms with Gasteiger partial charge in [-0.3, -0.25) is 4.79 Å². The first-order valence-corrected chi connectivity index (χ1v) is 8.44. The van der Waals surface area contributed by atoms with E-state index in [1.54, 1.807) is 4.90 Å². The van der Waals surface area contributed by atoms with Gasteiger partial charge >= 0.3 is 0 Å². The van der Waals surface area contributed by atoms with Crippen molar-refractivity contribution < 1.29 is 9.32 Å². The van der Waals surface area contributed by atoms with Crippen LogP contribution in [0.15, 0.2) is 33.3 Å². The Morgan fingerprint density at radius 3 is 3.09 bits per heavy atom. The number of aromatic nitrogens is 2. The molecule has 1 aliphatic heterocycles. The zero-order chi connectivity index (χ0) is 16.4. The van der Waals surface area contributed by atoms with Crippen LogP contribution in [0.2, 0.25) is 0 Å². The van der Waals surface area contributed by atoms with Crippen LogP contribution in [-0.2, 0) is 11.2 Å². The highest BCUT2D eigenvalue weighted by molar-refractivity contribution is 9.10. The van der Waals surface area contributed by atoms with Gasteiger partial charge in [0.1, 0.15) is 5.92 Å². The number of anilines is 1. The molecule has 1 saturated heterocycles. The Kier molecular flexibility index (Phi) is 4.77. The van der Waals surface area contributed by atoms with Crippen LogP contribution >= 0.6 is 15.9 Å². The van der Waals surface area contributed by atoms with Gasteiger partial charge in [-0.25, -0.2) is 0 Å². The molecule has 1 amide bonds. The number of nitrogens with zero attached hydrogens (tertiary/aromatic N) is 3. The van der Waals surface area contributed by atoms with Gasteiger partial charge in [0.25, 0.3) is 0 Å². The quantitative estimate of drug-likeness (QED) is 0.865. The number of rotatable bonds is 5. The van der Waals surface area contributed by atoms with E-state index in [1.165, 1.54) is 0 Å². The first kappa shape index (κ1) is 16.1. The van der Waals surface area contributed by atoms with Gasteiger partial charge in [-0.2, -0.15) is 4.98 Å². The van der Waals surface area contributed by atoms with Crippen LogP contribution in [0, 0.1) is 0 Å². The second-order valence-electron chi connectivity index (χ2n) is 5.75. The summed E-state index contributed by atoms with van der Waals surface area (Å²) in [4.78, 5) is 18.9. The standard InChI is InChI=1S/C16H19BrN4O2/c1-10(18-2)8-14-19-15(23-20-14)13-6-7-21(16(13)22)12-5-3-4-11(17)9-12/h3-5,9-10,13,18H,6-8H2,1-2H3. The second kappa shape index (κ2) is 6.80. The Balaban J connectivity index is 1.74. The number of carbonyl (C=O) groups excluding carboxylic acids is 1. The average Bonchev–Trinajstić information content (AvgIpc) is 3.13. The molecule has 3 rings (SSSR count).